The van der Waals surface area contributed by atoms with E-state index in [-0.39, 0.29) is 0 Å². The van der Waals surface area contributed by atoms with Crippen molar-refractivity contribution >= 4 is 22.2 Å². The zero-order chi connectivity index (χ0) is 12.7. The average molecular weight is 267 g/mol. The van der Waals surface area contributed by atoms with Crippen molar-refractivity contribution in [2.24, 2.45) is 0 Å². The van der Waals surface area contributed by atoms with Crippen LogP contribution >= 0.6 is 11.3 Å². The molecule has 0 spiro atoms. The van der Waals surface area contributed by atoms with Gasteiger partial charge < -0.3 is 4.42 Å². The number of nitrogens with zero attached hydrogens (tertiary/aromatic N) is 2. The lowest BCUT2D eigenvalue weighted by molar-refractivity contribution is 0.568. The molecular weight excluding hydrogens is 258 g/mol. The summed E-state index contributed by atoms with van der Waals surface area (Å²) in [6.45, 7) is 0. The van der Waals surface area contributed by atoms with Crippen LogP contribution in [0.25, 0.3) is 33.4 Å². The molecule has 4 aromatic heterocycles. The molecule has 0 amide bonds. The fourth-order valence-corrected chi connectivity index (χ4v) is 2.83. The molecule has 19 heavy (non-hydrogen) atoms. The van der Waals surface area contributed by atoms with Crippen LogP contribution in [0.1, 0.15) is 0 Å². The Labute approximate surface area is 112 Å². The molecule has 4 nitrogen and oxygen atoms in total. The Kier molecular flexibility index (Phi) is 2.25. The van der Waals surface area contributed by atoms with Gasteiger partial charge in [0.05, 0.1) is 29.1 Å². The zero-order valence-corrected chi connectivity index (χ0v) is 10.6. The van der Waals surface area contributed by atoms with Crippen molar-refractivity contribution in [3.8, 4) is 22.5 Å². The van der Waals surface area contributed by atoms with Gasteiger partial charge >= 0.3 is 0 Å². The van der Waals surface area contributed by atoms with Gasteiger partial charge in [0.25, 0.3) is 0 Å². The molecule has 4 aromatic rings. The number of pyridine rings is 1. The third-order valence-electron chi connectivity index (χ3n) is 3.07. The van der Waals surface area contributed by atoms with Crippen molar-refractivity contribution in [1.82, 2.24) is 15.2 Å². The third kappa shape index (κ3) is 1.59. The van der Waals surface area contributed by atoms with Crippen LogP contribution in [0.2, 0.25) is 0 Å². The fourth-order valence-electron chi connectivity index (χ4n) is 2.19. The number of aromatic amines is 1. The van der Waals surface area contributed by atoms with E-state index in [4.69, 9.17) is 4.42 Å². The van der Waals surface area contributed by atoms with Crippen LogP contribution in [0, 0.1) is 0 Å². The first-order valence-electron chi connectivity index (χ1n) is 5.82. The minimum atomic E-state index is 0.890. The van der Waals surface area contributed by atoms with Gasteiger partial charge in [0, 0.05) is 22.7 Å². The summed E-state index contributed by atoms with van der Waals surface area (Å²) < 4.78 is 5.16. The summed E-state index contributed by atoms with van der Waals surface area (Å²) in [5.41, 5.74) is 4.87. The van der Waals surface area contributed by atoms with E-state index < -0.39 is 0 Å². The molecule has 0 bridgehead atoms. The maximum atomic E-state index is 5.16. The van der Waals surface area contributed by atoms with E-state index in [0.29, 0.717) is 0 Å². The highest BCUT2D eigenvalue weighted by Crippen LogP contribution is 2.34. The topological polar surface area (TPSA) is 54.7 Å². The lowest BCUT2D eigenvalue weighted by atomic mass is 10.1. The predicted octanol–water partition coefficient (Wildman–Crippen LogP) is 3.95. The van der Waals surface area contributed by atoms with Crippen LogP contribution in [-0.2, 0) is 0 Å². The fraction of sp³-hybridized carbons (Fsp3) is 0. The molecule has 0 unspecified atom stereocenters. The number of H-pyrrole nitrogens is 1. The molecule has 1 N–H and O–H groups in total. The van der Waals surface area contributed by atoms with Crippen LogP contribution < -0.4 is 0 Å². The Hall–Kier alpha value is -2.40. The summed E-state index contributed by atoms with van der Waals surface area (Å²) in [5, 5.41) is 12.6. The number of fused-ring (bicyclic) bond motifs is 1. The van der Waals surface area contributed by atoms with Gasteiger partial charge in [0.1, 0.15) is 5.69 Å². The summed E-state index contributed by atoms with van der Waals surface area (Å²) in [6, 6.07) is 5.90. The van der Waals surface area contributed by atoms with Gasteiger partial charge in [-0.15, -0.1) is 0 Å². The maximum absolute atomic E-state index is 5.16. The van der Waals surface area contributed by atoms with Gasteiger partial charge in [-0.25, -0.2) is 0 Å². The first kappa shape index (κ1) is 10.5. The van der Waals surface area contributed by atoms with Gasteiger partial charge in [0.2, 0.25) is 0 Å². The number of hydrogen-bond acceptors (Lipinski definition) is 4. The van der Waals surface area contributed by atoms with E-state index in [9.17, 15) is 0 Å². The molecule has 0 radical (unpaired) electrons. The first-order valence-corrected chi connectivity index (χ1v) is 6.76. The Morgan fingerprint density at radius 1 is 1.11 bits per heavy atom. The highest BCUT2D eigenvalue weighted by molar-refractivity contribution is 7.08. The quantitative estimate of drug-likeness (QED) is 0.598. The van der Waals surface area contributed by atoms with E-state index in [1.54, 1.807) is 30.1 Å². The van der Waals surface area contributed by atoms with Crippen molar-refractivity contribution in [3.63, 3.8) is 0 Å². The van der Waals surface area contributed by atoms with Gasteiger partial charge in [-0.2, -0.15) is 16.4 Å². The molecule has 0 saturated heterocycles. The minimum Gasteiger partial charge on any atom is -0.472 e. The summed E-state index contributed by atoms with van der Waals surface area (Å²) in [5.74, 6) is 0. The van der Waals surface area contributed by atoms with Crippen molar-refractivity contribution in [1.29, 1.82) is 0 Å². The summed E-state index contributed by atoms with van der Waals surface area (Å²) >= 11 is 1.66. The average Bonchev–Trinajstić information content (AvgIpc) is 3.18. The maximum Gasteiger partial charge on any atom is 0.103 e. The lowest BCUT2D eigenvalue weighted by Crippen LogP contribution is -1.83. The molecule has 0 aliphatic heterocycles. The third-order valence-corrected chi connectivity index (χ3v) is 3.75. The van der Waals surface area contributed by atoms with Crippen molar-refractivity contribution < 1.29 is 4.42 Å². The minimum absolute atomic E-state index is 0.890. The number of hydrogen-bond donors (Lipinski definition) is 1. The molecule has 5 heteroatoms. The largest absolute Gasteiger partial charge is 0.472 e. The summed E-state index contributed by atoms with van der Waals surface area (Å²) in [7, 11) is 0. The second kappa shape index (κ2) is 4.07. The van der Waals surface area contributed by atoms with Crippen LogP contribution in [-0.4, -0.2) is 15.2 Å². The standard InChI is InChI=1S/C14H9N3OS/c1-4-15-13(9-2-5-18-7-9)12-11(1)16-17-14(12)10-3-6-19-8-10/h1-8H,(H,16,17). The first-order chi connectivity index (χ1) is 9.43. The Bertz CT molecular complexity index is 816. The van der Waals surface area contributed by atoms with Crippen molar-refractivity contribution in [3.05, 3.63) is 47.7 Å². The Balaban J connectivity index is 2.07. The highest BCUT2D eigenvalue weighted by Gasteiger charge is 2.15. The van der Waals surface area contributed by atoms with E-state index in [1.165, 1.54) is 0 Å². The van der Waals surface area contributed by atoms with Gasteiger partial charge in [0.15, 0.2) is 0 Å². The molecule has 0 saturated carbocycles. The summed E-state index contributed by atoms with van der Waals surface area (Å²) in [4.78, 5) is 4.48. The molecule has 4 heterocycles. The Morgan fingerprint density at radius 3 is 2.89 bits per heavy atom. The smallest absolute Gasteiger partial charge is 0.103 e. The molecule has 4 rings (SSSR count). The van der Waals surface area contributed by atoms with E-state index in [0.717, 1.165) is 33.4 Å². The van der Waals surface area contributed by atoms with Crippen molar-refractivity contribution in [2.75, 3.05) is 0 Å². The molecule has 92 valence electrons. The van der Waals surface area contributed by atoms with E-state index >= 15 is 0 Å². The molecule has 0 aromatic carbocycles. The van der Waals surface area contributed by atoms with Crippen molar-refractivity contribution in [2.45, 2.75) is 0 Å². The zero-order valence-electron chi connectivity index (χ0n) is 9.83. The molecule has 0 fully saturated rings. The highest BCUT2D eigenvalue weighted by atomic mass is 32.1. The number of thiophene rings is 1. The second-order valence-electron chi connectivity index (χ2n) is 4.18. The molecular formula is C14H9N3OS. The van der Waals surface area contributed by atoms with Gasteiger partial charge in [-0.05, 0) is 23.6 Å². The predicted molar refractivity (Wildman–Crippen MR) is 74.9 cm³/mol. The molecule has 0 aliphatic carbocycles. The van der Waals surface area contributed by atoms with Crippen LogP contribution in [0.3, 0.4) is 0 Å². The Morgan fingerprint density at radius 2 is 2.11 bits per heavy atom. The molecule has 0 aliphatic rings. The number of aromatic nitrogens is 3. The van der Waals surface area contributed by atoms with Gasteiger partial charge in [-0.3, -0.25) is 10.1 Å². The number of rotatable bonds is 2. The number of nitrogens with one attached hydrogen (secondary N) is 1. The SMILES string of the molecule is c1cc2[nH]nc(-c3ccsc3)c2c(-c2ccoc2)n1. The summed E-state index contributed by atoms with van der Waals surface area (Å²) in [6.07, 6.45) is 5.13. The van der Waals surface area contributed by atoms with Crippen LogP contribution in [0.15, 0.2) is 52.1 Å². The van der Waals surface area contributed by atoms with E-state index in [2.05, 4.69) is 26.6 Å². The van der Waals surface area contributed by atoms with Crippen LogP contribution in [0.4, 0.5) is 0 Å². The monoisotopic (exact) mass is 267 g/mol. The van der Waals surface area contributed by atoms with Crippen LogP contribution in [0.5, 0.6) is 0 Å². The molecule has 0 atom stereocenters. The van der Waals surface area contributed by atoms with Gasteiger partial charge in [-0.1, -0.05) is 0 Å². The lowest BCUT2D eigenvalue weighted by Gasteiger charge is -2.00. The number of furan rings is 1. The van der Waals surface area contributed by atoms with E-state index in [1.807, 2.05) is 17.5 Å². The normalized spacial score (nSPS) is 11.2. The second-order valence-corrected chi connectivity index (χ2v) is 4.96.